The van der Waals surface area contributed by atoms with Gasteiger partial charge in [-0.3, -0.25) is 0 Å². The summed E-state index contributed by atoms with van der Waals surface area (Å²) in [7, 11) is 1.26. The van der Waals surface area contributed by atoms with E-state index in [0.29, 0.717) is 5.56 Å². The van der Waals surface area contributed by atoms with Gasteiger partial charge in [0, 0.05) is 11.1 Å². The van der Waals surface area contributed by atoms with Gasteiger partial charge in [0.15, 0.2) is 11.6 Å². The molecule has 0 saturated heterocycles. The molecule has 0 amide bonds. The topological polar surface area (TPSA) is 9.23 Å². The molecule has 0 aliphatic rings. The van der Waals surface area contributed by atoms with Gasteiger partial charge in [0.05, 0.1) is 7.11 Å². The summed E-state index contributed by atoms with van der Waals surface area (Å²) in [5.41, 5.74) is 2.63. The molecule has 0 aliphatic heterocycles. The van der Waals surface area contributed by atoms with Crippen LogP contribution in [-0.4, -0.2) is 7.11 Å². The van der Waals surface area contributed by atoms with Crippen LogP contribution in [0.15, 0.2) is 54.6 Å². The average Bonchev–Trinajstić information content (AvgIpc) is 2.65. The molecule has 3 aromatic carbocycles. The lowest BCUT2D eigenvalue weighted by Crippen LogP contribution is -1.95. The third kappa shape index (κ3) is 3.45. The van der Waals surface area contributed by atoms with Crippen molar-refractivity contribution in [1.29, 1.82) is 0 Å². The number of rotatable bonds is 5. The molecule has 1 nitrogen and oxygen atoms in total. The van der Waals surface area contributed by atoms with Crippen molar-refractivity contribution in [2.45, 2.75) is 19.8 Å². The van der Waals surface area contributed by atoms with Crippen molar-refractivity contribution in [3.8, 4) is 28.0 Å². The minimum atomic E-state index is -1.08. The van der Waals surface area contributed by atoms with E-state index in [9.17, 15) is 13.2 Å². The fourth-order valence-corrected chi connectivity index (χ4v) is 2.97. The molecule has 0 fully saturated rings. The maximum absolute atomic E-state index is 14.6. The molecule has 3 aromatic rings. The molecule has 0 heterocycles. The van der Waals surface area contributed by atoms with Crippen LogP contribution in [0, 0.1) is 17.5 Å². The maximum atomic E-state index is 14.6. The molecular weight excluding hydrogens is 337 g/mol. The third-order valence-corrected chi connectivity index (χ3v) is 4.35. The van der Waals surface area contributed by atoms with Crippen molar-refractivity contribution < 1.29 is 17.9 Å². The highest BCUT2D eigenvalue weighted by atomic mass is 19.2. The summed E-state index contributed by atoms with van der Waals surface area (Å²) >= 11 is 0. The summed E-state index contributed by atoms with van der Waals surface area (Å²) in [6, 6.07) is 14.8. The van der Waals surface area contributed by atoms with E-state index in [1.165, 1.54) is 30.9 Å². The maximum Gasteiger partial charge on any atom is 0.201 e. The summed E-state index contributed by atoms with van der Waals surface area (Å²) in [5.74, 6) is -2.81. The van der Waals surface area contributed by atoms with Crippen molar-refractivity contribution in [3.05, 3.63) is 77.6 Å². The molecule has 0 unspecified atom stereocenters. The first kappa shape index (κ1) is 18.1. The van der Waals surface area contributed by atoms with Crippen LogP contribution in [0.2, 0.25) is 0 Å². The number of hydrogen-bond donors (Lipinski definition) is 0. The van der Waals surface area contributed by atoms with Crippen LogP contribution in [0.1, 0.15) is 18.9 Å². The lowest BCUT2D eigenvalue weighted by molar-refractivity contribution is 0.372. The molecule has 0 bridgehead atoms. The van der Waals surface area contributed by atoms with E-state index in [4.69, 9.17) is 4.74 Å². The van der Waals surface area contributed by atoms with Gasteiger partial charge in [-0.15, -0.1) is 0 Å². The molecule has 0 aliphatic carbocycles. The molecule has 0 saturated carbocycles. The quantitative estimate of drug-likeness (QED) is 0.514. The summed E-state index contributed by atoms with van der Waals surface area (Å²) in [6.45, 7) is 2.10. The van der Waals surface area contributed by atoms with Crippen molar-refractivity contribution in [1.82, 2.24) is 0 Å². The lowest BCUT2D eigenvalue weighted by Gasteiger charge is -2.10. The van der Waals surface area contributed by atoms with Gasteiger partial charge in [0.2, 0.25) is 5.82 Å². The number of ether oxygens (including phenoxy) is 1. The van der Waals surface area contributed by atoms with Gasteiger partial charge in [-0.2, -0.15) is 4.39 Å². The van der Waals surface area contributed by atoms with Crippen LogP contribution in [-0.2, 0) is 6.42 Å². The van der Waals surface area contributed by atoms with Gasteiger partial charge in [-0.25, -0.2) is 8.78 Å². The molecule has 4 heteroatoms. The van der Waals surface area contributed by atoms with Crippen LogP contribution in [0.5, 0.6) is 5.75 Å². The van der Waals surface area contributed by atoms with E-state index in [1.54, 1.807) is 12.1 Å². The summed E-state index contributed by atoms with van der Waals surface area (Å²) < 4.78 is 47.5. The van der Waals surface area contributed by atoms with Crippen molar-refractivity contribution in [2.24, 2.45) is 0 Å². The van der Waals surface area contributed by atoms with Crippen LogP contribution in [0.3, 0.4) is 0 Å². The number of methoxy groups -OCH3 is 1. The minimum absolute atomic E-state index is 0.00737. The molecule has 26 heavy (non-hydrogen) atoms. The minimum Gasteiger partial charge on any atom is -0.494 e. The van der Waals surface area contributed by atoms with Gasteiger partial charge < -0.3 is 4.74 Å². The largest absolute Gasteiger partial charge is 0.494 e. The number of benzene rings is 3. The standard InChI is InChI=1S/C22H19F3O/c1-3-4-14-5-7-15(8-6-14)17-10-9-16(13-19(17)23)18-11-12-20(26-2)22(25)21(18)24/h5-13H,3-4H2,1-2H3. The molecule has 0 spiro atoms. The van der Waals surface area contributed by atoms with Crippen molar-refractivity contribution in [3.63, 3.8) is 0 Å². The third-order valence-electron chi connectivity index (χ3n) is 4.35. The zero-order valence-corrected chi connectivity index (χ0v) is 14.7. The van der Waals surface area contributed by atoms with E-state index >= 15 is 0 Å². The Kier molecular flexibility index (Phi) is 5.31. The van der Waals surface area contributed by atoms with E-state index in [0.717, 1.165) is 18.4 Å². The second-order valence-corrected chi connectivity index (χ2v) is 6.08. The number of halogens is 3. The van der Waals surface area contributed by atoms with E-state index in [-0.39, 0.29) is 16.9 Å². The summed E-state index contributed by atoms with van der Waals surface area (Å²) in [4.78, 5) is 0. The lowest BCUT2D eigenvalue weighted by atomic mass is 9.98. The highest BCUT2D eigenvalue weighted by molar-refractivity contribution is 5.72. The van der Waals surface area contributed by atoms with E-state index in [1.807, 2.05) is 24.3 Å². The van der Waals surface area contributed by atoms with Gasteiger partial charge in [0.25, 0.3) is 0 Å². The average molecular weight is 356 g/mol. The van der Waals surface area contributed by atoms with Crippen molar-refractivity contribution >= 4 is 0 Å². The Bertz CT molecular complexity index is 917. The fourth-order valence-electron chi connectivity index (χ4n) is 2.97. The molecule has 0 aromatic heterocycles. The highest BCUT2D eigenvalue weighted by Gasteiger charge is 2.16. The smallest absolute Gasteiger partial charge is 0.201 e. The highest BCUT2D eigenvalue weighted by Crippen LogP contribution is 2.32. The number of aryl methyl sites for hydroxylation is 1. The van der Waals surface area contributed by atoms with E-state index < -0.39 is 17.5 Å². The second kappa shape index (κ2) is 7.65. The Hall–Kier alpha value is -2.75. The monoisotopic (exact) mass is 356 g/mol. The van der Waals surface area contributed by atoms with Gasteiger partial charge >= 0.3 is 0 Å². The van der Waals surface area contributed by atoms with Crippen LogP contribution in [0.25, 0.3) is 22.3 Å². The normalized spacial score (nSPS) is 10.8. The SMILES string of the molecule is CCCc1ccc(-c2ccc(-c3ccc(OC)c(F)c3F)cc2F)cc1. The first-order chi connectivity index (χ1) is 12.5. The molecule has 0 N–H and O–H groups in total. The number of hydrogen-bond acceptors (Lipinski definition) is 1. The Morgan fingerprint density at radius 3 is 2.04 bits per heavy atom. The second-order valence-electron chi connectivity index (χ2n) is 6.08. The zero-order valence-electron chi connectivity index (χ0n) is 14.7. The Labute approximate surface area is 151 Å². The van der Waals surface area contributed by atoms with Crippen LogP contribution >= 0.6 is 0 Å². The van der Waals surface area contributed by atoms with Crippen LogP contribution < -0.4 is 4.74 Å². The summed E-state index contributed by atoms with van der Waals surface area (Å²) in [6.07, 6.45) is 2.02. The van der Waals surface area contributed by atoms with Gasteiger partial charge in [-0.1, -0.05) is 49.7 Å². The Morgan fingerprint density at radius 2 is 1.42 bits per heavy atom. The zero-order chi connectivity index (χ0) is 18.7. The predicted molar refractivity (Wildman–Crippen MR) is 97.7 cm³/mol. The fraction of sp³-hybridized carbons (Fsp3) is 0.182. The first-order valence-corrected chi connectivity index (χ1v) is 8.46. The predicted octanol–water partition coefficient (Wildman–Crippen LogP) is 6.40. The van der Waals surface area contributed by atoms with E-state index in [2.05, 4.69) is 6.92 Å². The molecule has 0 radical (unpaired) electrons. The van der Waals surface area contributed by atoms with Gasteiger partial charge in [0.1, 0.15) is 5.82 Å². The summed E-state index contributed by atoms with van der Waals surface area (Å²) in [5, 5.41) is 0. The van der Waals surface area contributed by atoms with Gasteiger partial charge in [-0.05, 0) is 41.3 Å². The Morgan fingerprint density at radius 1 is 0.769 bits per heavy atom. The molecular formula is C22H19F3O. The molecule has 134 valence electrons. The molecule has 3 rings (SSSR count). The first-order valence-electron chi connectivity index (χ1n) is 8.46. The van der Waals surface area contributed by atoms with Crippen molar-refractivity contribution in [2.75, 3.05) is 7.11 Å². The Balaban J connectivity index is 1.96. The molecule has 0 atom stereocenters. The van der Waals surface area contributed by atoms with Crippen LogP contribution in [0.4, 0.5) is 13.2 Å².